The number of nitrogens with one attached hydrogen (secondary N) is 1. The Labute approximate surface area is 103 Å². The van der Waals surface area contributed by atoms with Gasteiger partial charge in [0.25, 0.3) is 0 Å². The van der Waals surface area contributed by atoms with Crippen LogP contribution in [0.5, 0.6) is 0 Å². The van der Waals surface area contributed by atoms with E-state index in [1.807, 2.05) is 7.05 Å². The van der Waals surface area contributed by atoms with E-state index < -0.39 is 0 Å². The van der Waals surface area contributed by atoms with E-state index >= 15 is 0 Å². The Balaban J connectivity index is 2.34. The summed E-state index contributed by atoms with van der Waals surface area (Å²) >= 11 is 0. The molecule has 0 amide bonds. The summed E-state index contributed by atoms with van der Waals surface area (Å²) in [6.45, 7) is 3.13. The molecule has 0 unspecified atom stereocenters. The Morgan fingerprint density at radius 2 is 1.88 bits per heavy atom. The highest BCUT2D eigenvalue weighted by molar-refractivity contribution is 5.79. The summed E-state index contributed by atoms with van der Waals surface area (Å²) in [6.07, 6.45) is 3.43. The fraction of sp³-hybridized carbons (Fsp3) is 0.533. The topological polar surface area (TPSA) is 29.1 Å². The number of rotatable bonds is 3. The minimum atomic E-state index is 0.161. The Morgan fingerprint density at radius 3 is 2.47 bits per heavy atom. The third-order valence-electron chi connectivity index (χ3n) is 4.00. The van der Waals surface area contributed by atoms with E-state index in [9.17, 15) is 4.79 Å². The number of carbonyl (C=O) groups excluding carboxylic acids is 1. The Morgan fingerprint density at radius 1 is 1.24 bits per heavy atom. The summed E-state index contributed by atoms with van der Waals surface area (Å²) in [7, 11) is 2.00. The number of carbonyl (C=O) groups is 1. The van der Waals surface area contributed by atoms with Gasteiger partial charge in [0.15, 0.2) is 0 Å². The molecule has 0 atom stereocenters. The van der Waals surface area contributed by atoms with Crippen LogP contribution in [0.25, 0.3) is 0 Å². The number of Topliss-reactive ketones (excluding diaryl/α,β-unsaturated/α-hetero) is 1. The SMILES string of the molecule is CNCC1(c2ccccc2C)CCC(=O)CC1. The number of hydrogen-bond donors (Lipinski definition) is 1. The van der Waals surface area contributed by atoms with Crippen LogP contribution in [0.3, 0.4) is 0 Å². The smallest absolute Gasteiger partial charge is 0.132 e. The molecule has 1 saturated carbocycles. The first-order chi connectivity index (χ1) is 8.18. The van der Waals surface area contributed by atoms with Crippen LogP contribution in [0.2, 0.25) is 0 Å². The molecule has 0 saturated heterocycles. The molecule has 0 heterocycles. The zero-order valence-electron chi connectivity index (χ0n) is 10.8. The lowest BCUT2D eigenvalue weighted by molar-refractivity contribution is -0.121. The highest BCUT2D eigenvalue weighted by atomic mass is 16.1. The van der Waals surface area contributed by atoms with Gasteiger partial charge in [-0.3, -0.25) is 4.79 Å². The zero-order chi connectivity index (χ0) is 12.3. The zero-order valence-corrected chi connectivity index (χ0v) is 10.8. The van der Waals surface area contributed by atoms with Crippen molar-refractivity contribution in [2.24, 2.45) is 0 Å². The summed E-state index contributed by atoms with van der Waals surface area (Å²) < 4.78 is 0. The normalized spacial score (nSPS) is 19.3. The molecule has 1 fully saturated rings. The molecule has 1 aliphatic carbocycles. The molecule has 2 heteroatoms. The number of benzene rings is 1. The molecule has 17 heavy (non-hydrogen) atoms. The van der Waals surface area contributed by atoms with Crippen LogP contribution >= 0.6 is 0 Å². The average Bonchev–Trinajstić information content (AvgIpc) is 2.33. The summed E-state index contributed by atoms with van der Waals surface area (Å²) in [6, 6.07) is 8.59. The number of ketones is 1. The predicted octanol–water partition coefficient (Wildman–Crippen LogP) is 2.60. The molecule has 0 aromatic heterocycles. The van der Waals surface area contributed by atoms with Gasteiger partial charge in [-0.1, -0.05) is 24.3 Å². The van der Waals surface area contributed by atoms with Crippen LogP contribution in [-0.2, 0) is 10.2 Å². The summed E-state index contributed by atoms with van der Waals surface area (Å²) in [5.74, 6) is 0.422. The molecule has 2 nitrogen and oxygen atoms in total. The number of likely N-dealkylation sites (N-methyl/N-ethyl adjacent to an activating group) is 1. The van der Waals surface area contributed by atoms with Gasteiger partial charge >= 0.3 is 0 Å². The maximum Gasteiger partial charge on any atom is 0.132 e. The maximum absolute atomic E-state index is 11.5. The van der Waals surface area contributed by atoms with Gasteiger partial charge in [-0.15, -0.1) is 0 Å². The van der Waals surface area contributed by atoms with Crippen molar-refractivity contribution >= 4 is 5.78 Å². The van der Waals surface area contributed by atoms with E-state index in [1.165, 1.54) is 11.1 Å². The molecule has 0 radical (unpaired) electrons. The molecule has 1 N–H and O–H groups in total. The average molecular weight is 231 g/mol. The van der Waals surface area contributed by atoms with Crippen LogP contribution in [0.4, 0.5) is 0 Å². The van der Waals surface area contributed by atoms with Gasteiger partial charge in [-0.05, 0) is 37.9 Å². The van der Waals surface area contributed by atoms with Crippen molar-refractivity contribution in [3.05, 3.63) is 35.4 Å². The van der Waals surface area contributed by atoms with Gasteiger partial charge < -0.3 is 5.32 Å². The van der Waals surface area contributed by atoms with Crippen LogP contribution in [0.15, 0.2) is 24.3 Å². The molecule has 0 bridgehead atoms. The Kier molecular flexibility index (Phi) is 3.63. The van der Waals surface area contributed by atoms with Crippen LogP contribution in [0, 0.1) is 6.92 Å². The van der Waals surface area contributed by atoms with Gasteiger partial charge in [0.2, 0.25) is 0 Å². The van der Waals surface area contributed by atoms with E-state index in [-0.39, 0.29) is 5.41 Å². The lowest BCUT2D eigenvalue weighted by Gasteiger charge is -2.38. The van der Waals surface area contributed by atoms with Gasteiger partial charge in [0, 0.05) is 24.8 Å². The lowest BCUT2D eigenvalue weighted by Crippen LogP contribution is -2.40. The number of hydrogen-bond acceptors (Lipinski definition) is 2. The predicted molar refractivity (Wildman–Crippen MR) is 70.3 cm³/mol. The van der Waals surface area contributed by atoms with Gasteiger partial charge in [0.1, 0.15) is 5.78 Å². The quantitative estimate of drug-likeness (QED) is 0.866. The van der Waals surface area contributed by atoms with Crippen molar-refractivity contribution in [2.45, 2.75) is 38.0 Å². The van der Waals surface area contributed by atoms with Crippen LogP contribution < -0.4 is 5.32 Å². The molecular weight excluding hydrogens is 210 g/mol. The summed E-state index contributed by atoms with van der Waals surface area (Å²) in [4.78, 5) is 11.5. The Bertz CT molecular complexity index is 401. The van der Waals surface area contributed by atoms with E-state index in [0.29, 0.717) is 5.78 Å². The highest BCUT2D eigenvalue weighted by Crippen LogP contribution is 2.39. The van der Waals surface area contributed by atoms with Crippen molar-refractivity contribution < 1.29 is 4.79 Å². The van der Waals surface area contributed by atoms with E-state index in [2.05, 4.69) is 36.5 Å². The molecule has 1 aliphatic rings. The van der Waals surface area contributed by atoms with Crippen molar-refractivity contribution in [3.63, 3.8) is 0 Å². The van der Waals surface area contributed by atoms with Gasteiger partial charge in [-0.2, -0.15) is 0 Å². The van der Waals surface area contributed by atoms with E-state index in [0.717, 1.165) is 32.2 Å². The fourth-order valence-electron chi connectivity index (χ4n) is 3.06. The molecule has 1 aromatic rings. The third-order valence-corrected chi connectivity index (χ3v) is 4.00. The standard InChI is InChI=1S/C15H21NO/c1-12-5-3-4-6-14(12)15(11-16-2)9-7-13(17)8-10-15/h3-6,16H,7-11H2,1-2H3. The van der Waals surface area contributed by atoms with Gasteiger partial charge in [0.05, 0.1) is 0 Å². The summed E-state index contributed by atoms with van der Waals surface area (Å²) in [5, 5.41) is 3.31. The molecule has 1 aromatic carbocycles. The van der Waals surface area contributed by atoms with Crippen LogP contribution in [0.1, 0.15) is 36.8 Å². The molecule has 0 aliphatic heterocycles. The third kappa shape index (κ3) is 2.42. The van der Waals surface area contributed by atoms with Crippen LogP contribution in [-0.4, -0.2) is 19.4 Å². The largest absolute Gasteiger partial charge is 0.319 e. The highest BCUT2D eigenvalue weighted by Gasteiger charge is 2.36. The summed E-state index contributed by atoms with van der Waals surface area (Å²) in [5.41, 5.74) is 2.92. The first kappa shape index (κ1) is 12.3. The Hall–Kier alpha value is -1.15. The second kappa shape index (κ2) is 5.01. The van der Waals surface area contributed by atoms with Crippen molar-refractivity contribution in [1.29, 1.82) is 0 Å². The minimum Gasteiger partial charge on any atom is -0.319 e. The van der Waals surface area contributed by atoms with Gasteiger partial charge in [-0.25, -0.2) is 0 Å². The molecule has 2 rings (SSSR count). The molecule has 0 spiro atoms. The van der Waals surface area contributed by atoms with Crippen molar-refractivity contribution in [2.75, 3.05) is 13.6 Å². The second-order valence-electron chi connectivity index (χ2n) is 5.16. The fourth-order valence-corrected chi connectivity index (χ4v) is 3.06. The second-order valence-corrected chi connectivity index (χ2v) is 5.16. The monoisotopic (exact) mass is 231 g/mol. The first-order valence-corrected chi connectivity index (χ1v) is 6.40. The maximum atomic E-state index is 11.5. The number of aryl methyl sites for hydroxylation is 1. The van der Waals surface area contributed by atoms with E-state index in [4.69, 9.17) is 0 Å². The molecule has 92 valence electrons. The van der Waals surface area contributed by atoms with Crippen molar-refractivity contribution in [3.8, 4) is 0 Å². The van der Waals surface area contributed by atoms with Crippen molar-refractivity contribution in [1.82, 2.24) is 5.32 Å². The minimum absolute atomic E-state index is 0.161. The molecular formula is C15H21NO. The lowest BCUT2D eigenvalue weighted by atomic mass is 9.68. The van der Waals surface area contributed by atoms with E-state index in [1.54, 1.807) is 0 Å². The first-order valence-electron chi connectivity index (χ1n) is 6.40.